The summed E-state index contributed by atoms with van der Waals surface area (Å²) in [6.07, 6.45) is 1.60. The van der Waals surface area contributed by atoms with Crippen molar-refractivity contribution in [3.63, 3.8) is 0 Å². The largest absolute Gasteiger partial charge is 0.485 e. The van der Waals surface area contributed by atoms with Crippen molar-refractivity contribution in [1.29, 1.82) is 0 Å². The Bertz CT molecular complexity index is 1020. The highest BCUT2D eigenvalue weighted by molar-refractivity contribution is 5.72. The lowest BCUT2D eigenvalue weighted by molar-refractivity contribution is -0.118. The maximum atomic E-state index is 14.7. The van der Waals surface area contributed by atoms with Crippen LogP contribution in [0.3, 0.4) is 0 Å². The predicted molar refractivity (Wildman–Crippen MR) is 125 cm³/mol. The van der Waals surface area contributed by atoms with E-state index < -0.39 is 5.82 Å². The normalized spacial score (nSPS) is 10.5. The van der Waals surface area contributed by atoms with Crippen LogP contribution < -0.4 is 20.1 Å². The molecule has 0 saturated heterocycles. The summed E-state index contributed by atoms with van der Waals surface area (Å²) < 4.78 is 26.6. The van der Waals surface area contributed by atoms with Gasteiger partial charge in [0.25, 0.3) is 0 Å². The van der Waals surface area contributed by atoms with E-state index in [2.05, 4.69) is 17.6 Å². The third-order valence-corrected chi connectivity index (χ3v) is 4.86. The van der Waals surface area contributed by atoms with Gasteiger partial charge in [0.1, 0.15) is 6.61 Å². The second-order valence-electron chi connectivity index (χ2n) is 7.42. The molecule has 168 valence electrons. The molecule has 0 saturated carbocycles. The van der Waals surface area contributed by atoms with Crippen molar-refractivity contribution >= 4 is 11.6 Å². The number of nitrogens with one attached hydrogen (secondary N) is 2. The third-order valence-electron chi connectivity index (χ3n) is 4.86. The predicted octanol–water partition coefficient (Wildman–Crippen LogP) is 5.70. The average Bonchev–Trinajstić information content (AvgIpc) is 2.80. The lowest BCUT2D eigenvalue weighted by atomic mass is 10.1. The van der Waals surface area contributed by atoms with Crippen LogP contribution in [0.15, 0.2) is 66.7 Å². The lowest BCUT2D eigenvalue weighted by Crippen LogP contribution is -2.22. The number of aryl methyl sites for hydroxylation is 1. The van der Waals surface area contributed by atoms with Crippen LogP contribution in [-0.2, 0) is 17.8 Å². The van der Waals surface area contributed by atoms with Gasteiger partial charge in [-0.05, 0) is 48.2 Å². The smallest absolute Gasteiger partial charge is 0.216 e. The molecule has 0 atom stereocenters. The molecule has 0 aliphatic heterocycles. The Morgan fingerprint density at radius 2 is 1.69 bits per heavy atom. The van der Waals surface area contributed by atoms with E-state index >= 15 is 0 Å². The Kier molecular flexibility index (Phi) is 8.49. The van der Waals surface area contributed by atoms with Crippen molar-refractivity contribution in [2.24, 2.45) is 0 Å². The van der Waals surface area contributed by atoms with E-state index in [1.807, 2.05) is 48.5 Å². The van der Waals surface area contributed by atoms with Gasteiger partial charge in [-0.15, -0.1) is 0 Å². The van der Waals surface area contributed by atoms with Crippen LogP contribution in [0, 0.1) is 5.82 Å². The highest BCUT2D eigenvalue weighted by Gasteiger charge is 2.12. The second-order valence-corrected chi connectivity index (χ2v) is 7.42. The minimum Gasteiger partial charge on any atom is -0.485 e. The number of rotatable bonds is 11. The van der Waals surface area contributed by atoms with Gasteiger partial charge in [0.15, 0.2) is 23.1 Å². The van der Waals surface area contributed by atoms with Gasteiger partial charge < -0.3 is 20.1 Å². The molecule has 0 unspecified atom stereocenters. The van der Waals surface area contributed by atoms with E-state index in [1.54, 1.807) is 12.1 Å². The van der Waals surface area contributed by atoms with E-state index in [0.29, 0.717) is 36.9 Å². The fourth-order valence-corrected chi connectivity index (χ4v) is 3.10. The summed E-state index contributed by atoms with van der Waals surface area (Å²) in [5, 5.41) is 5.87. The molecule has 0 bridgehead atoms. The van der Waals surface area contributed by atoms with Crippen LogP contribution in [0.2, 0.25) is 0 Å². The molecule has 0 spiro atoms. The highest BCUT2D eigenvalue weighted by Crippen LogP contribution is 2.35. The van der Waals surface area contributed by atoms with E-state index in [1.165, 1.54) is 13.0 Å². The van der Waals surface area contributed by atoms with Crippen molar-refractivity contribution in [2.45, 2.75) is 33.3 Å². The molecule has 0 heterocycles. The lowest BCUT2D eigenvalue weighted by Gasteiger charge is -2.15. The standard InChI is InChI=1S/C26H29FN2O3/c1-3-20-10-12-25(26(16-20)31-18-21-8-5-4-6-9-21)32-24-13-11-22(17-23(24)27)29-15-7-14-28-19(2)30/h4-6,8-13,16-17,29H,3,7,14-15,18H2,1-2H3,(H,28,30). The Hall–Kier alpha value is -3.54. The van der Waals surface area contributed by atoms with E-state index in [-0.39, 0.29) is 11.7 Å². The van der Waals surface area contributed by atoms with Crippen molar-refractivity contribution in [1.82, 2.24) is 5.32 Å². The van der Waals surface area contributed by atoms with Gasteiger partial charge in [0.05, 0.1) is 0 Å². The Balaban J connectivity index is 1.65. The molecule has 0 aliphatic carbocycles. The van der Waals surface area contributed by atoms with Gasteiger partial charge in [-0.3, -0.25) is 4.79 Å². The van der Waals surface area contributed by atoms with Crippen molar-refractivity contribution in [2.75, 3.05) is 18.4 Å². The number of anilines is 1. The molecule has 2 N–H and O–H groups in total. The zero-order valence-corrected chi connectivity index (χ0v) is 18.5. The zero-order chi connectivity index (χ0) is 22.8. The molecule has 0 aromatic heterocycles. The first-order valence-electron chi connectivity index (χ1n) is 10.8. The summed E-state index contributed by atoms with van der Waals surface area (Å²) >= 11 is 0. The number of carbonyl (C=O) groups is 1. The number of amides is 1. The van der Waals surface area contributed by atoms with Crippen LogP contribution in [-0.4, -0.2) is 19.0 Å². The van der Waals surface area contributed by atoms with Gasteiger partial charge >= 0.3 is 0 Å². The number of hydrogen-bond donors (Lipinski definition) is 2. The fourth-order valence-electron chi connectivity index (χ4n) is 3.10. The summed E-state index contributed by atoms with van der Waals surface area (Å²) in [5.74, 6) is 0.644. The minimum absolute atomic E-state index is 0.0587. The maximum absolute atomic E-state index is 14.7. The monoisotopic (exact) mass is 436 g/mol. The van der Waals surface area contributed by atoms with E-state index in [0.717, 1.165) is 24.0 Å². The Morgan fingerprint density at radius 1 is 0.906 bits per heavy atom. The molecule has 0 aliphatic rings. The van der Waals surface area contributed by atoms with Crippen LogP contribution in [0.1, 0.15) is 31.4 Å². The molecule has 0 radical (unpaired) electrons. The topological polar surface area (TPSA) is 59.6 Å². The molecular formula is C26H29FN2O3. The molecule has 5 nitrogen and oxygen atoms in total. The zero-order valence-electron chi connectivity index (χ0n) is 18.5. The van der Waals surface area contributed by atoms with Crippen molar-refractivity contribution < 1.29 is 18.7 Å². The first-order chi connectivity index (χ1) is 15.5. The van der Waals surface area contributed by atoms with E-state index in [4.69, 9.17) is 9.47 Å². The highest BCUT2D eigenvalue weighted by atomic mass is 19.1. The molecule has 3 rings (SSSR count). The van der Waals surface area contributed by atoms with Crippen LogP contribution in [0.4, 0.5) is 10.1 Å². The molecule has 6 heteroatoms. The van der Waals surface area contributed by atoms with Gasteiger partial charge in [0.2, 0.25) is 5.91 Å². The number of hydrogen-bond acceptors (Lipinski definition) is 4. The quantitative estimate of drug-likeness (QED) is 0.379. The molecule has 1 amide bonds. The van der Waals surface area contributed by atoms with Gasteiger partial charge in [0, 0.05) is 31.8 Å². The minimum atomic E-state index is -0.467. The summed E-state index contributed by atoms with van der Waals surface area (Å²) in [6.45, 7) is 5.14. The average molecular weight is 437 g/mol. The van der Waals surface area contributed by atoms with Gasteiger partial charge in [-0.1, -0.05) is 43.3 Å². The number of benzene rings is 3. The SMILES string of the molecule is CCc1ccc(Oc2ccc(NCCCNC(C)=O)cc2F)c(OCc2ccccc2)c1. The summed E-state index contributed by atoms with van der Waals surface area (Å²) in [5.41, 5.74) is 2.81. The van der Waals surface area contributed by atoms with Crippen LogP contribution >= 0.6 is 0 Å². The molecule has 3 aromatic rings. The van der Waals surface area contributed by atoms with E-state index in [9.17, 15) is 9.18 Å². The summed E-state index contributed by atoms with van der Waals surface area (Å²) in [7, 11) is 0. The van der Waals surface area contributed by atoms with Crippen molar-refractivity contribution in [3.05, 3.63) is 83.7 Å². The molecular weight excluding hydrogens is 407 g/mol. The number of ether oxygens (including phenoxy) is 2. The first-order valence-corrected chi connectivity index (χ1v) is 10.8. The number of carbonyl (C=O) groups excluding carboxylic acids is 1. The summed E-state index contributed by atoms with van der Waals surface area (Å²) in [6, 6.07) is 20.3. The van der Waals surface area contributed by atoms with Crippen molar-refractivity contribution in [3.8, 4) is 17.2 Å². The number of halogens is 1. The molecule has 0 fully saturated rings. The molecule has 32 heavy (non-hydrogen) atoms. The van der Waals surface area contributed by atoms with Crippen LogP contribution in [0.25, 0.3) is 0 Å². The fraction of sp³-hybridized carbons (Fsp3) is 0.269. The second kappa shape index (κ2) is 11.7. The third kappa shape index (κ3) is 7.01. The van der Waals surface area contributed by atoms with Gasteiger partial charge in [-0.25, -0.2) is 4.39 Å². The maximum Gasteiger partial charge on any atom is 0.216 e. The molecule has 3 aromatic carbocycles. The van der Waals surface area contributed by atoms with Crippen LogP contribution in [0.5, 0.6) is 17.2 Å². The Labute approximate surface area is 188 Å². The summed E-state index contributed by atoms with van der Waals surface area (Å²) in [4.78, 5) is 10.9. The van der Waals surface area contributed by atoms with Gasteiger partial charge in [-0.2, -0.15) is 0 Å². The Morgan fingerprint density at radius 3 is 2.41 bits per heavy atom. The first kappa shape index (κ1) is 23.1.